The number of ether oxygens (including phenoxy) is 1. The lowest BCUT2D eigenvalue weighted by Crippen LogP contribution is -2.16. The molecule has 0 aliphatic carbocycles. The van der Waals surface area contributed by atoms with Crippen LogP contribution in [0.25, 0.3) is 0 Å². The number of benzene rings is 1. The topological polar surface area (TPSA) is 75.5 Å². The molecule has 0 unspecified atom stereocenters. The van der Waals surface area contributed by atoms with Gasteiger partial charge in [0.25, 0.3) is 0 Å². The molecule has 0 atom stereocenters. The van der Waals surface area contributed by atoms with Gasteiger partial charge in [-0.05, 0) is 17.7 Å². The summed E-state index contributed by atoms with van der Waals surface area (Å²) in [6.45, 7) is 0.676. The first-order valence-corrected chi connectivity index (χ1v) is 7.91. The summed E-state index contributed by atoms with van der Waals surface area (Å²) in [5, 5.41) is 17.5. The number of anilines is 1. The summed E-state index contributed by atoms with van der Waals surface area (Å²) in [5.41, 5.74) is 1.10. The monoisotopic (exact) mass is 325 g/mol. The summed E-state index contributed by atoms with van der Waals surface area (Å²) in [7, 11) is 3.56. The largest absolute Gasteiger partial charge is 0.497 e. The lowest BCUT2D eigenvalue weighted by molar-refractivity contribution is -0.133. The molecular formula is C13H15N3O3S2. The summed E-state index contributed by atoms with van der Waals surface area (Å²) in [6.07, 6.45) is 0. The number of carbonyl (C=O) groups is 1. The van der Waals surface area contributed by atoms with E-state index in [4.69, 9.17) is 9.84 Å². The zero-order valence-electron chi connectivity index (χ0n) is 11.6. The molecule has 6 nitrogen and oxygen atoms in total. The summed E-state index contributed by atoms with van der Waals surface area (Å²) in [4.78, 5) is 12.5. The standard InChI is InChI=1S/C13H15N3O3S2/c1-16(7-9-4-3-5-10(6-9)19-2)12-14-15-13(21-12)20-8-11(17)18/h3-6H,7-8H2,1-2H3,(H,17,18). The van der Waals surface area contributed by atoms with Crippen molar-refractivity contribution in [2.24, 2.45) is 0 Å². The van der Waals surface area contributed by atoms with Crippen molar-refractivity contribution in [2.45, 2.75) is 10.9 Å². The second kappa shape index (κ2) is 7.28. The van der Waals surface area contributed by atoms with Crippen molar-refractivity contribution >= 4 is 34.2 Å². The molecule has 0 fully saturated rings. The number of rotatable bonds is 7. The fourth-order valence-corrected chi connectivity index (χ4v) is 3.17. The van der Waals surface area contributed by atoms with Gasteiger partial charge in [0.15, 0.2) is 4.34 Å². The van der Waals surface area contributed by atoms with E-state index in [0.717, 1.165) is 16.4 Å². The number of carboxylic acids is 1. The predicted molar refractivity (Wildman–Crippen MR) is 83.4 cm³/mol. The van der Waals surface area contributed by atoms with Gasteiger partial charge < -0.3 is 14.7 Å². The lowest BCUT2D eigenvalue weighted by Gasteiger charge is -2.15. The minimum absolute atomic E-state index is 0.00572. The van der Waals surface area contributed by atoms with Crippen molar-refractivity contribution in [1.82, 2.24) is 10.2 Å². The van der Waals surface area contributed by atoms with Gasteiger partial charge in [-0.25, -0.2) is 0 Å². The molecule has 0 saturated carbocycles. The number of thioether (sulfide) groups is 1. The van der Waals surface area contributed by atoms with E-state index >= 15 is 0 Å². The second-order valence-corrected chi connectivity index (χ2v) is 6.42. The van der Waals surface area contributed by atoms with Crippen LogP contribution in [0.15, 0.2) is 28.6 Å². The highest BCUT2D eigenvalue weighted by Crippen LogP contribution is 2.28. The SMILES string of the molecule is COc1cccc(CN(C)c2nnc(SCC(=O)O)s2)c1. The van der Waals surface area contributed by atoms with Crippen LogP contribution in [0.3, 0.4) is 0 Å². The van der Waals surface area contributed by atoms with Crippen LogP contribution in [0.4, 0.5) is 5.13 Å². The van der Waals surface area contributed by atoms with Crippen LogP contribution in [0.5, 0.6) is 5.75 Å². The molecule has 1 aromatic heterocycles. The van der Waals surface area contributed by atoms with E-state index in [2.05, 4.69) is 10.2 Å². The van der Waals surface area contributed by atoms with Crippen molar-refractivity contribution < 1.29 is 14.6 Å². The minimum atomic E-state index is -0.860. The highest BCUT2D eigenvalue weighted by molar-refractivity contribution is 8.01. The Labute approximate surface area is 130 Å². The highest BCUT2D eigenvalue weighted by atomic mass is 32.2. The van der Waals surface area contributed by atoms with Crippen LogP contribution in [0.1, 0.15) is 5.56 Å². The van der Waals surface area contributed by atoms with Gasteiger partial charge in [0.1, 0.15) is 5.75 Å². The van der Waals surface area contributed by atoms with Crippen molar-refractivity contribution in [3.63, 3.8) is 0 Å². The van der Waals surface area contributed by atoms with Gasteiger partial charge in [0.05, 0.1) is 12.9 Å². The Kier molecular flexibility index (Phi) is 5.40. The average molecular weight is 325 g/mol. The maximum absolute atomic E-state index is 10.5. The summed E-state index contributed by atoms with van der Waals surface area (Å²) in [5.74, 6) is -0.0498. The van der Waals surface area contributed by atoms with Crippen molar-refractivity contribution in [3.05, 3.63) is 29.8 Å². The molecule has 1 heterocycles. The van der Waals surface area contributed by atoms with Crippen LogP contribution in [0, 0.1) is 0 Å². The molecule has 0 radical (unpaired) electrons. The number of hydrogen-bond acceptors (Lipinski definition) is 7. The molecule has 0 saturated heterocycles. The number of methoxy groups -OCH3 is 1. The molecule has 2 rings (SSSR count). The third-order valence-corrected chi connectivity index (χ3v) is 4.75. The molecule has 0 aliphatic heterocycles. The average Bonchev–Trinajstić information content (AvgIpc) is 2.94. The third-order valence-electron chi connectivity index (χ3n) is 2.60. The molecular weight excluding hydrogens is 310 g/mol. The molecule has 2 aromatic rings. The first-order chi connectivity index (χ1) is 10.1. The van der Waals surface area contributed by atoms with E-state index in [0.29, 0.717) is 10.9 Å². The molecule has 21 heavy (non-hydrogen) atoms. The summed E-state index contributed by atoms with van der Waals surface area (Å²) >= 11 is 2.56. The molecule has 1 aromatic carbocycles. The third kappa shape index (κ3) is 4.61. The van der Waals surface area contributed by atoms with Gasteiger partial charge in [-0.15, -0.1) is 10.2 Å². The Hall–Kier alpha value is -1.80. The Morgan fingerprint density at radius 1 is 1.48 bits per heavy atom. The van der Waals surface area contributed by atoms with Crippen molar-refractivity contribution in [3.8, 4) is 5.75 Å². The van der Waals surface area contributed by atoms with Crippen molar-refractivity contribution in [2.75, 3.05) is 24.8 Å². The van der Waals surface area contributed by atoms with Crippen LogP contribution in [-0.4, -0.2) is 41.2 Å². The zero-order chi connectivity index (χ0) is 15.2. The smallest absolute Gasteiger partial charge is 0.313 e. The zero-order valence-corrected chi connectivity index (χ0v) is 13.3. The fourth-order valence-electron chi connectivity index (χ4n) is 1.65. The predicted octanol–water partition coefficient (Wildman–Crippen LogP) is 2.36. The molecule has 0 bridgehead atoms. The molecule has 0 spiro atoms. The van der Waals surface area contributed by atoms with E-state index in [9.17, 15) is 4.79 Å². The Bertz CT molecular complexity index is 618. The van der Waals surface area contributed by atoms with Gasteiger partial charge >= 0.3 is 5.97 Å². The Balaban J connectivity index is 1.99. The van der Waals surface area contributed by atoms with Crippen LogP contribution >= 0.6 is 23.1 Å². The second-order valence-electron chi connectivity index (χ2n) is 4.24. The van der Waals surface area contributed by atoms with Crippen molar-refractivity contribution in [1.29, 1.82) is 0 Å². The quantitative estimate of drug-likeness (QED) is 0.783. The number of nitrogens with zero attached hydrogens (tertiary/aromatic N) is 3. The molecule has 1 N–H and O–H groups in total. The number of carboxylic acid groups (broad SMARTS) is 1. The van der Waals surface area contributed by atoms with Crippen LogP contribution in [0.2, 0.25) is 0 Å². The van der Waals surface area contributed by atoms with Gasteiger partial charge in [-0.3, -0.25) is 4.79 Å². The van der Waals surface area contributed by atoms with E-state index < -0.39 is 5.97 Å². The van der Waals surface area contributed by atoms with E-state index in [1.165, 1.54) is 23.1 Å². The Morgan fingerprint density at radius 3 is 3.00 bits per heavy atom. The summed E-state index contributed by atoms with van der Waals surface area (Å²) in [6, 6.07) is 7.82. The number of aromatic nitrogens is 2. The van der Waals surface area contributed by atoms with E-state index in [-0.39, 0.29) is 5.75 Å². The lowest BCUT2D eigenvalue weighted by atomic mass is 10.2. The van der Waals surface area contributed by atoms with Gasteiger partial charge in [-0.2, -0.15) is 0 Å². The Morgan fingerprint density at radius 2 is 2.29 bits per heavy atom. The minimum Gasteiger partial charge on any atom is -0.497 e. The highest BCUT2D eigenvalue weighted by Gasteiger charge is 2.11. The maximum atomic E-state index is 10.5. The van der Waals surface area contributed by atoms with Gasteiger partial charge in [0.2, 0.25) is 5.13 Å². The molecule has 8 heteroatoms. The molecule has 0 aliphatic rings. The van der Waals surface area contributed by atoms with Crippen LogP contribution in [-0.2, 0) is 11.3 Å². The maximum Gasteiger partial charge on any atom is 0.313 e. The normalized spacial score (nSPS) is 10.4. The first-order valence-electron chi connectivity index (χ1n) is 6.10. The number of aliphatic carboxylic acids is 1. The van der Waals surface area contributed by atoms with Gasteiger partial charge in [-0.1, -0.05) is 35.2 Å². The first kappa shape index (κ1) is 15.6. The number of hydrogen-bond donors (Lipinski definition) is 1. The molecule has 0 amide bonds. The molecule has 112 valence electrons. The van der Waals surface area contributed by atoms with E-state index in [1.807, 2.05) is 36.2 Å². The fraction of sp³-hybridized carbons (Fsp3) is 0.308. The van der Waals surface area contributed by atoms with Crippen LogP contribution < -0.4 is 9.64 Å². The van der Waals surface area contributed by atoms with E-state index in [1.54, 1.807) is 7.11 Å². The summed E-state index contributed by atoms with van der Waals surface area (Å²) < 4.78 is 5.86. The van der Waals surface area contributed by atoms with Gasteiger partial charge in [0, 0.05) is 13.6 Å².